The Labute approximate surface area is 105 Å². The highest BCUT2D eigenvalue weighted by Crippen LogP contribution is 2.25. The summed E-state index contributed by atoms with van der Waals surface area (Å²) in [6.45, 7) is 0.754. The molecule has 0 amide bonds. The number of fused-ring (bicyclic) bond motifs is 1. The lowest BCUT2D eigenvalue weighted by atomic mass is 10.2. The summed E-state index contributed by atoms with van der Waals surface area (Å²) in [6, 6.07) is 15.8. The Morgan fingerprint density at radius 1 is 1.00 bits per heavy atom. The van der Waals surface area contributed by atoms with Crippen molar-refractivity contribution in [3.8, 4) is 0 Å². The molecule has 0 radical (unpaired) electrons. The predicted octanol–water partition coefficient (Wildman–Crippen LogP) is 3.63. The van der Waals surface area contributed by atoms with E-state index in [1.54, 1.807) is 6.26 Å². The first kappa shape index (κ1) is 10.7. The summed E-state index contributed by atoms with van der Waals surface area (Å²) in [7, 11) is 0. The van der Waals surface area contributed by atoms with E-state index in [2.05, 4.69) is 5.32 Å². The zero-order chi connectivity index (χ0) is 12.4. The van der Waals surface area contributed by atoms with Gasteiger partial charge in [0.05, 0.1) is 5.69 Å². The number of hydrogen-bond acceptors (Lipinski definition) is 3. The van der Waals surface area contributed by atoms with E-state index in [0.717, 1.165) is 28.9 Å². The molecule has 3 aromatic rings. The van der Waals surface area contributed by atoms with Gasteiger partial charge in [0.1, 0.15) is 11.8 Å². The number of rotatable bonds is 3. The molecule has 0 aliphatic heterocycles. The van der Waals surface area contributed by atoms with Crippen LogP contribution in [-0.4, -0.2) is 0 Å². The molecule has 1 heterocycles. The molecule has 0 saturated heterocycles. The fourth-order valence-corrected chi connectivity index (χ4v) is 1.95. The Morgan fingerprint density at radius 3 is 2.61 bits per heavy atom. The summed E-state index contributed by atoms with van der Waals surface area (Å²) in [5.74, 6) is 0. The summed E-state index contributed by atoms with van der Waals surface area (Å²) in [5, 5.41) is 4.47. The van der Waals surface area contributed by atoms with Crippen molar-refractivity contribution in [3.63, 3.8) is 0 Å². The maximum absolute atomic E-state index is 5.66. The lowest BCUT2D eigenvalue weighted by Crippen LogP contribution is -1.98. The van der Waals surface area contributed by atoms with Gasteiger partial charge in [-0.05, 0) is 29.8 Å². The van der Waals surface area contributed by atoms with Crippen LogP contribution in [0.5, 0.6) is 0 Å². The minimum Gasteiger partial charge on any atom is -0.462 e. The first-order valence-corrected chi connectivity index (χ1v) is 5.87. The molecular formula is C15H14N2O. The summed E-state index contributed by atoms with van der Waals surface area (Å²) in [4.78, 5) is 0. The molecule has 0 atom stereocenters. The Morgan fingerprint density at radius 2 is 1.78 bits per heavy atom. The molecule has 3 rings (SSSR count). The highest BCUT2D eigenvalue weighted by atomic mass is 16.3. The van der Waals surface area contributed by atoms with Crippen molar-refractivity contribution in [2.75, 3.05) is 11.1 Å². The van der Waals surface area contributed by atoms with Gasteiger partial charge in [-0.1, -0.05) is 24.3 Å². The largest absolute Gasteiger partial charge is 0.462 e. The van der Waals surface area contributed by atoms with Crippen molar-refractivity contribution < 1.29 is 4.42 Å². The van der Waals surface area contributed by atoms with Crippen LogP contribution in [0, 0.1) is 0 Å². The Hall–Kier alpha value is -2.42. The van der Waals surface area contributed by atoms with E-state index >= 15 is 0 Å². The fraction of sp³-hybridized carbons (Fsp3) is 0.0667. The lowest BCUT2D eigenvalue weighted by Gasteiger charge is -2.04. The number of nitrogens with one attached hydrogen (secondary N) is 1. The third-order valence-electron chi connectivity index (χ3n) is 2.94. The number of hydrogen-bond donors (Lipinski definition) is 2. The first-order valence-electron chi connectivity index (χ1n) is 5.87. The predicted molar refractivity (Wildman–Crippen MR) is 74.4 cm³/mol. The standard InChI is InChI=1S/C15H14N2O/c16-12-7-5-11(6-8-12)9-17-14-10-18-15-4-2-1-3-13(14)15/h1-8,10,17H,9,16H2. The van der Waals surface area contributed by atoms with Crippen LogP contribution in [0.25, 0.3) is 11.0 Å². The van der Waals surface area contributed by atoms with Crippen LogP contribution in [0.2, 0.25) is 0 Å². The van der Waals surface area contributed by atoms with Crippen molar-refractivity contribution in [3.05, 3.63) is 60.4 Å². The number of nitrogens with two attached hydrogens (primary N) is 1. The van der Waals surface area contributed by atoms with Crippen LogP contribution >= 0.6 is 0 Å². The minimum absolute atomic E-state index is 0.754. The van der Waals surface area contributed by atoms with Gasteiger partial charge < -0.3 is 15.5 Å². The van der Waals surface area contributed by atoms with E-state index in [1.165, 1.54) is 5.56 Å². The minimum atomic E-state index is 0.754. The van der Waals surface area contributed by atoms with Crippen LogP contribution in [0.15, 0.2) is 59.2 Å². The van der Waals surface area contributed by atoms with Crippen molar-refractivity contribution in [2.45, 2.75) is 6.54 Å². The third kappa shape index (κ3) is 2.02. The molecule has 0 spiro atoms. The highest BCUT2D eigenvalue weighted by Gasteiger charge is 2.03. The summed E-state index contributed by atoms with van der Waals surface area (Å²) in [5.41, 5.74) is 9.55. The van der Waals surface area contributed by atoms with Crippen LogP contribution in [0.4, 0.5) is 11.4 Å². The zero-order valence-electron chi connectivity index (χ0n) is 9.89. The van der Waals surface area contributed by atoms with Gasteiger partial charge in [0, 0.05) is 17.6 Å². The second-order valence-electron chi connectivity index (χ2n) is 4.24. The molecule has 3 nitrogen and oxygen atoms in total. The van der Waals surface area contributed by atoms with Gasteiger partial charge in [-0.3, -0.25) is 0 Å². The number of para-hydroxylation sites is 1. The average molecular weight is 238 g/mol. The van der Waals surface area contributed by atoms with Gasteiger partial charge >= 0.3 is 0 Å². The van der Waals surface area contributed by atoms with Crippen LogP contribution in [-0.2, 0) is 6.54 Å². The normalized spacial score (nSPS) is 10.7. The second kappa shape index (κ2) is 4.45. The van der Waals surface area contributed by atoms with Crippen molar-refractivity contribution >= 4 is 22.3 Å². The van der Waals surface area contributed by atoms with Gasteiger partial charge in [-0.25, -0.2) is 0 Å². The second-order valence-corrected chi connectivity index (χ2v) is 4.24. The van der Waals surface area contributed by atoms with Crippen LogP contribution in [0.3, 0.4) is 0 Å². The van der Waals surface area contributed by atoms with Gasteiger partial charge in [0.2, 0.25) is 0 Å². The van der Waals surface area contributed by atoms with Crippen molar-refractivity contribution in [2.24, 2.45) is 0 Å². The Bertz CT molecular complexity index is 656. The molecule has 0 fully saturated rings. The first-order chi connectivity index (χ1) is 8.83. The molecule has 0 aliphatic carbocycles. The average Bonchev–Trinajstić information content (AvgIpc) is 2.82. The third-order valence-corrected chi connectivity index (χ3v) is 2.94. The topological polar surface area (TPSA) is 51.2 Å². The fourth-order valence-electron chi connectivity index (χ4n) is 1.95. The summed E-state index contributed by atoms with van der Waals surface area (Å²) >= 11 is 0. The zero-order valence-corrected chi connectivity index (χ0v) is 9.89. The molecule has 0 saturated carbocycles. The molecule has 18 heavy (non-hydrogen) atoms. The lowest BCUT2D eigenvalue weighted by molar-refractivity contribution is 0.616. The monoisotopic (exact) mass is 238 g/mol. The van der Waals surface area contributed by atoms with Crippen LogP contribution < -0.4 is 11.1 Å². The Balaban J connectivity index is 1.79. The number of furan rings is 1. The van der Waals surface area contributed by atoms with E-state index in [0.29, 0.717) is 0 Å². The molecule has 0 bridgehead atoms. The molecule has 2 aromatic carbocycles. The quantitative estimate of drug-likeness (QED) is 0.685. The van der Waals surface area contributed by atoms with Crippen LogP contribution in [0.1, 0.15) is 5.56 Å². The molecule has 0 aliphatic rings. The van der Waals surface area contributed by atoms with E-state index in [9.17, 15) is 0 Å². The molecule has 0 unspecified atom stereocenters. The molecular weight excluding hydrogens is 224 g/mol. The molecule has 3 N–H and O–H groups in total. The van der Waals surface area contributed by atoms with Gasteiger partial charge in [-0.2, -0.15) is 0 Å². The number of nitrogen functional groups attached to an aromatic ring is 1. The molecule has 90 valence electrons. The molecule has 1 aromatic heterocycles. The van der Waals surface area contributed by atoms with Gasteiger partial charge in [-0.15, -0.1) is 0 Å². The Kier molecular flexibility index (Phi) is 2.65. The van der Waals surface area contributed by atoms with Gasteiger partial charge in [0.15, 0.2) is 0 Å². The SMILES string of the molecule is Nc1ccc(CNc2coc3ccccc23)cc1. The number of anilines is 2. The van der Waals surface area contributed by atoms with E-state index in [4.69, 9.17) is 10.2 Å². The summed E-state index contributed by atoms with van der Waals surface area (Å²) in [6.07, 6.45) is 1.75. The molecule has 3 heteroatoms. The van der Waals surface area contributed by atoms with Gasteiger partial charge in [0.25, 0.3) is 0 Å². The highest BCUT2D eigenvalue weighted by molar-refractivity contribution is 5.90. The maximum Gasteiger partial charge on any atom is 0.136 e. The smallest absolute Gasteiger partial charge is 0.136 e. The van der Waals surface area contributed by atoms with E-state index < -0.39 is 0 Å². The van der Waals surface area contributed by atoms with E-state index in [-0.39, 0.29) is 0 Å². The summed E-state index contributed by atoms with van der Waals surface area (Å²) < 4.78 is 5.47. The maximum atomic E-state index is 5.66. The van der Waals surface area contributed by atoms with E-state index in [1.807, 2.05) is 48.5 Å². The van der Waals surface area contributed by atoms with Crippen molar-refractivity contribution in [1.29, 1.82) is 0 Å². The number of benzene rings is 2. The van der Waals surface area contributed by atoms with Crippen molar-refractivity contribution in [1.82, 2.24) is 0 Å².